The molecule has 0 aromatic rings. The lowest BCUT2D eigenvalue weighted by Crippen LogP contribution is -2.38. The molecule has 0 aromatic heterocycles. The third kappa shape index (κ3) is 1.66. The van der Waals surface area contributed by atoms with Crippen molar-refractivity contribution in [1.82, 2.24) is 0 Å². The number of hydrazone groups is 1. The molecule has 0 saturated heterocycles. The van der Waals surface area contributed by atoms with Gasteiger partial charge >= 0.3 is 0 Å². The molecule has 18 heavy (non-hydrogen) atoms. The Balaban J connectivity index is 2.05. The molecule has 3 rings (SSSR count). The second-order valence-electron chi connectivity index (χ2n) is 6.87. The van der Waals surface area contributed by atoms with Gasteiger partial charge in [0.25, 0.3) is 0 Å². The lowest BCUT2D eigenvalue weighted by atomic mass is 9.85. The van der Waals surface area contributed by atoms with Gasteiger partial charge in [-0.05, 0) is 35.3 Å². The van der Waals surface area contributed by atoms with E-state index in [1.54, 1.807) is 0 Å². The summed E-state index contributed by atoms with van der Waals surface area (Å²) in [7, 11) is 0. The Kier molecular flexibility index (Phi) is 3.00. The molecule has 1 aliphatic heterocycles. The predicted octanol–water partition coefficient (Wildman–Crippen LogP) is 3.04. The molecule has 100 valence electrons. The molecule has 0 radical (unpaired) electrons. The lowest BCUT2D eigenvalue weighted by molar-refractivity contribution is -0.576. The second kappa shape index (κ2) is 4.29. The first kappa shape index (κ1) is 12.6. The van der Waals surface area contributed by atoms with Gasteiger partial charge in [0, 0.05) is 23.7 Å². The molecule has 4 atom stereocenters. The van der Waals surface area contributed by atoms with Crippen LogP contribution in [-0.2, 0) is 12.6 Å². The van der Waals surface area contributed by atoms with E-state index in [1.807, 2.05) is 0 Å². The summed E-state index contributed by atoms with van der Waals surface area (Å²) >= 11 is 5.57. The molecule has 2 nitrogen and oxygen atoms in total. The van der Waals surface area contributed by atoms with Crippen molar-refractivity contribution in [1.29, 1.82) is 0 Å². The highest BCUT2D eigenvalue weighted by atomic mass is 32.1. The molecule has 3 aliphatic rings. The zero-order chi connectivity index (χ0) is 13.0. The zero-order valence-corrected chi connectivity index (χ0v) is 12.7. The van der Waals surface area contributed by atoms with Gasteiger partial charge in [0.05, 0.1) is 0 Å². The number of rotatable bonds is 2. The van der Waals surface area contributed by atoms with Gasteiger partial charge in [-0.1, -0.05) is 32.4 Å². The second-order valence-corrected chi connectivity index (χ2v) is 7.28. The number of fused-ring (bicyclic) bond motifs is 5. The van der Waals surface area contributed by atoms with Gasteiger partial charge in [-0.15, -0.1) is 0 Å². The fourth-order valence-electron chi connectivity index (χ4n) is 4.63. The van der Waals surface area contributed by atoms with Gasteiger partial charge in [0.15, 0.2) is 11.8 Å². The van der Waals surface area contributed by atoms with Crippen molar-refractivity contribution in [3.63, 3.8) is 0 Å². The van der Waals surface area contributed by atoms with E-state index in [0.717, 1.165) is 16.9 Å². The average molecular weight is 264 g/mol. The Morgan fingerprint density at radius 1 is 1.17 bits per heavy atom. The van der Waals surface area contributed by atoms with Crippen LogP contribution in [0.25, 0.3) is 0 Å². The van der Waals surface area contributed by atoms with Gasteiger partial charge in [0.1, 0.15) is 0 Å². The summed E-state index contributed by atoms with van der Waals surface area (Å²) in [5, 5.41) is 5.78. The Labute approximate surface area is 116 Å². The first-order valence-electron chi connectivity index (χ1n) is 7.42. The van der Waals surface area contributed by atoms with E-state index in [1.165, 1.54) is 25.0 Å². The van der Waals surface area contributed by atoms with E-state index in [2.05, 4.69) is 32.4 Å². The summed E-state index contributed by atoms with van der Waals surface area (Å²) in [5.41, 5.74) is 1.48. The zero-order valence-electron chi connectivity index (χ0n) is 11.9. The molecule has 1 heterocycles. The van der Waals surface area contributed by atoms with Crippen LogP contribution in [0, 0.1) is 29.6 Å². The molecule has 2 bridgehead atoms. The minimum Gasteiger partial charge on any atom is -0.758 e. The highest BCUT2D eigenvalue weighted by molar-refractivity contribution is 7.77. The van der Waals surface area contributed by atoms with Crippen LogP contribution in [0.1, 0.15) is 47.0 Å². The summed E-state index contributed by atoms with van der Waals surface area (Å²) in [4.78, 5) is 0. The summed E-state index contributed by atoms with van der Waals surface area (Å²) in [5.74, 6) is 3.40. The molecule has 0 amide bonds. The summed E-state index contributed by atoms with van der Waals surface area (Å²) in [6.45, 7) is 9.14. The first-order valence-corrected chi connectivity index (χ1v) is 7.83. The van der Waals surface area contributed by atoms with Gasteiger partial charge in [-0.2, -0.15) is 0 Å². The van der Waals surface area contributed by atoms with Crippen LogP contribution < -0.4 is 0 Å². The van der Waals surface area contributed by atoms with Crippen molar-refractivity contribution >= 4 is 23.4 Å². The summed E-state index contributed by atoms with van der Waals surface area (Å²) < 4.78 is 2.35. The Bertz CT molecular complexity index is 412. The van der Waals surface area contributed by atoms with E-state index in [-0.39, 0.29) is 0 Å². The topological polar surface area (TPSA) is 15.4 Å². The quantitative estimate of drug-likeness (QED) is 0.553. The molecule has 2 saturated carbocycles. The van der Waals surface area contributed by atoms with Crippen LogP contribution in [0.2, 0.25) is 0 Å². The maximum absolute atomic E-state index is 5.57. The van der Waals surface area contributed by atoms with Gasteiger partial charge in [-0.25, -0.2) is 0 Å². The third-order valence-corrected chi connectivity index (χ3v) is 5.45. The van der Waals surface area contributed by atoms with Crippen LogP contribution in [0.3, 0.4) is 0 Å². The van der Waals surface area contributed by atoms with Crippen LogP contribution in [-0.4, -0.2) is 21.5 Å². The van der Waals surface area contributed by atoms with Crippen molar-refractivity contribution in [3.05, 3.63) is 0 Å². The molecular formula is C15H24N2S. The van der Waals surface area contributed by atoms with Gasteiger partial charge in [0.2, 0.25) is 0 Å². The smallest absolute Gasteiger partial charge is 0.193 e. The van der Waals surface area contributed by atoms with Gasteiger partial charge in [-0.3, -0.25) is 0 Å². The third-order valence-electron chi connectivity index (χ3n) is 5.09. The van der Waals surface area contributed by atoms with Crippen molar-refractivity contribution in [2.45, 2.75) is 53.0 Å². The van der Waals surface area contributed by atoms with Crippen molar-refractivity contribution in [2.75, 3.05) is 0 Å². The number of hydrogen-bond donors (Lipinski definition) is 0. The lowest BCUT2D eigenvalue weighted by Gasteiger charge is -2.24. The Morgan fingerprint density at radius 3 is 2.39 bits per heavy atom. The summed E-state index contributed by atoms with van der Waals surface area (Å²) in [6.07, 6.45) is 4.17. The molecule has 2 fully saturated rings. The Hall–Kier alpha value is -0.440. The van der Waals surface area contributed by atoms with E-state index in [4.69, 9.17) is 17.7 Å². The molecular weight excluding hydrogens is 240 g/mol. The fraction of sp³-hybridized carbons (Fsp3) is 0.867. The molecule has 0 spiro atoms. The largest absolute Gasteiger partial charge is 0.758 e. The van der Waals surface area contributed by atoms with E-state index < -0.39 is 0 Å². The van der Waals surface area contributed by atoms with Crippen molar-refractivity contribution < 1.29 is 4.68 Å². The van der Waals surface area contributed by atoms with Crippen molar-refractivity contribution in [2.24, 2.45) is 34.7 Å². The predicted molar refractivity (Wildman–Crippen MR) is 77.9 cm³/mol. The number of nitrogens with zero attached hydrogens (tertiary/aromatic N) is 2. The van der Waals surface area contributed by atoms with E-state index in [0.29, 0.717) is 23.8 Å². The van der Waals surface area contributed by atoms with Crippen molar-refractivity contribution in [3.8, 4) is 0 Å². The molecule has 0 aromatic carbocycles. The fourth-order valence-corrected chi connectivity index (χ4v) is 5.05. The van der Waals surface area contributed by atoms with Crippen LogP contribution >= 0.6 is 0 Å². The average Bonchev–Trinajstić information content (AvgIpc) is 2.91. The normalized spacial score (nSPS) is 37.7. The van der Waals surface area contributed by atoms with E-state index >= 15 is 0 Å². The first-order chi connectivity index (χ1) is 8.50. The van der Waals surface area contributed by atoms with Crippen LogP contribution in [0.5, 0.6) is 0 Å². The maximum atomic E-state index is 5.57. The standard InChI is InChI=1S/C15H24N2S/c1-8(2)13(9(3)4)17-14-11-6-5-10(7-11)12(14)15(18)16-17/h8-12,14H,5-7H2,1-4H3/t10-,11+,12+,14?/m1/s1. The molecule has 3 heteroatoms. The van der Waals surface area contributed by atoms with Crippen LogP contribution in [0.4, 0.5) is 0 Å². The minimum absolute atomic E-state index is 0.564. The molecule has 0 N–H and O–H groups in total. The minimum atomic E-state index is 0.564. The molecule has 2 aliphatic carbocycles. The maximum Gasteiger partial charge on any atom is 0.193 e. The van der Waals surface area contributed by atoms with E-state index in [9.17, 15) is 0 Å². The highest BCUT2D eigenvalue weighted by Gasteiger charge is 2.57. The monoisotopic (exact) mass is 264 g/mol. The molecule has 1 unspecified atom stereocenters. The van der Waals surface area contributed by atoms with Crippen LogP contribution in [0.15, 0.2) is 5.10 Å². The highest BCUT2D eigenvalue weighted by Crippen LogP contribution is 2.52. The van der Waals surface area contributed by atoms with Gasteiger partial charge < -0.3 is 12.6 Å². The summed E-state index contributed by atoms with van der Waals surface area (Å²) in [6, 6.07) is 0.607. The Morgan fingerprint density at radius 2 is 1.78 bits per heavy atom. The SMILES string of the molecule is CC(C)C(C(C)C)=[N+]1N=C([S-])[C@@H]2C1[C@H]1CC[C@@H]2C1. The number of hydrogen-bond acceptors (Lipinski definition) is 2.